The summed E-state index contributed by atoms with van der Waals surface area (Å²) in [6.07, 6.45) is 3.72. The first-order valence-electron chi connectivity index (χ1n) is 8.65. The number of allylic oxidation sites excluding steroid dienone is 1. The van der Waals surface area contributed by atoms with Crippen molar-refractivity contribution in [1.82, 2.24) is 0 Å². The molecule has 26 heavy (non-hydrogen) atoms. The van der Waals surface area contributed by atoms with Gasteiger partial charge in [-0.05, 0) is 38.7 Å². The highest BCUT2D eigenvalue weighted by atomic mass is 32.2. The number of carbonyl (C=O) groups is 1. The molecular weight excluding hydrogens is 356 g/mol. The average Bonchev–Trinajstić information content (AvgIpc) is 2.58. The molecule has 1 aromatic rings. The average molecular weight is 384 g/mol. The fraction of sp³-hybridized carbons (Fsp3) is 0.526. The van der Waals surface area contributed by atoms with Crippen LogP contribution in [0.5, 0.6) is 0 Å². The van der Waals surface area contributed by atoms with Gasteiger partial charge in [0.1, 0.15) is 0 Å². The summed E-state index contributed by atoms with van der Waals surface area (Å²) < 4.78 is 38.5. The Labute approximate surface area is 156 Å². The molecule has 1 aromatic carbocycles. The molecule has 0 saturated heterocycles. The van der Waals surface area contributed by atoms with Crippen molar-refractivity contribution >= 4 is 16.1 Å². The topological polar surface area (TPSA) is 78.9 Å². The third-order valence-electron chi connectivity index (χ3n) is 3.54. The zero-order valence-electron chi connectivity index (χ0n) is 15.6. The van der Waals surface area contributed by atoms with Crippen LogP contribution in [0, 0.1) is 0 Å². The van der Waals surface area contributed by atoms with Crippen molar-refractivity contribution in [3.05, 3.63) is 47.5 Å². The van der Waals surface area contributed by atoms with Crippen molar-refractivity contribution < 1.29 is 26.9 Å². The Morgan fingerprint density at radius 2 is 1.88 bits per heavy atom. The lowest BCUT2D eigenvalue weighted by molar-refractivity contribution is -0.138. The molecule has 0 heterocycles. The van der Waals surface area contributed by atoms with Crippen LogP contribution >= 0.6 is 0 Å². The molecule has 0 N–H and O–H groups in total. The predicted molar refractivity (Wildman–Crippen MR) is 100 cm³/mol. The van der Waals surface area contributed by atoms with Gasteiger partial charge in [-0.15, -0.1) is 0 Å². The van der Waals surface area contributed by atoms with Crippen LogP contribution in [-0.2, 0) is 35.2 Å². The standard InChI is InChI=1S/C19H28O6S/c1-4-24-19(20)16(2)9-8-12-18(25-26(3,21)22)13-14-23-15-17-10-6-5-7-11-17/h5-7,9-11,18H,4,8,12-15H2,1-3H3/b16-9+/t18-/m1/s1. The van der Waals surface area contributed by atoms with Crippen LogP contribution in [0.4, 0.5) is 0 Å². The van der Waals surface area contributed by atoms with Gasteiger partial charge in [0.15, 0.2) is 0 Å². The number of hydrogen-bond acceptors (Lipinski definition) is 6. The van der Waals surface area contributed by atoms with Crippen molar-refractivity contribution in [2.24, 2.45) is 0 Å². The van der Waals surface area contributed by atoms with Gasteiger partial charge in [0.05, 0.1) is 25.6 Å². The number of hydrogen-bond donors (Lipinski definition) is 0. The molecule has 0 unspecified atom stereocenters. The molecule has 0 spiro atoms. The quantitative estimate of drug-likeness (QED) is 0.238. The van der Waals surface area contributed by atoms with E-state index in [1.54, 1.807) is 19.9 Å². The highest BCUT2D eigenvalue weighted by Crippen LogP contribution is 2.13. The Morgan fingerprint density at radius 3 is 2.50 bits per heavy atom. The van der Waals surface area contributed by atoms with Crippen LogP contribution in [-0.4, -0.2) is 40.0 Å². The zero-order valence-corrected chi connectivity index (χ0v) is 16.5. The Balaban J connectivity index is 2.46. The summed E-state index contributed by atoms with van der Waals surface area (Å²) in [7, 11) is -3.56. The van der Waals surface area contributed by atoms with Gasteiger partial charge in [-0.2, -0.15) is 8.42 Å². The van der Waals surface area contributed by atoms with E-state index in [2.05, 4.69) is 0 Å². The summed E-state index contributed by atoms with van der Waals surface area (Å²) in [5.41, 5.74) is 1.56. The Kier molecular flexibility index (Phi) is 10.2. The van der Waals surface area contributed by atoms with Gasteiger partial charge in [0, 0.05) is 12.2 Å². The molecule has 1 rings (SSSR count). The van der Waals surface area contributed by atoms with Crippen LogP contribution in [0.3, 0.4) is 0 Å². The molecular formula is C19H28O6S. The van der Waals surface area contributed by atoms with Crippen LogP contribution in [0.15, 0.2) is 42.0 Å². The summed E-state index contributed by atoms with van der Waals surface area (Å²) in [4.78, 5) is 11.6. The SMILES string of the molecule is CCOC(=O)/C(C)=C/CC[C@H](CCOCc1ccccc1)OS(C)(=O)=O. The Hall–Kier alpha value is -1.70. The van der Waals surface area contributed by atoms with Crippen LogP contribution in [0.25, 0.3) is 0 Å². The van der Waals surface area contributed by atoms with Gasteiger partial charge in [0.25, 0.3) is 10.1 Å². The van der Waals surface area contributed by atoms with Crippen LogP contribution in [0.1, 0.15) is 38.7 Å². The molecule has 0 fully saturated rings. The lowest BCUT2D eigenvalue weighted by Crippen LogP contribution is -2.19. The van der Waals surface area contributed by atoms with E-state index < -0.39 is 16.2 Å². The molecule has 146 valence electrons. The van der Waals surface area contributed by atoms with Crippen molar-refractivity contribution in [3.8, 4) is 0 Å². The number of esters is 1. The number of ether oxygens (including phenoxy) is 2. The molecule has 0 aliphatic carbocycles. The minimum absolute atomic E-state index is 0.322. The van der Waals surface area contributed by atoms with Crippen molar-refractivity contribution in [1.29, 1.82) is 0 Å². The third kappa shape index (κ3) is 10.3. The third-order valence-corrected chi connectivity index (χ3v) is 4.16. The van der Waals surface area contributed by atoms with Crippen molar-refractivity contribution in [2.75, 3.05) is 19.5 Å². The molecule has 0 aliphatic heterocycles. The van der Waals surface area contributed by atoms with Gasteiger partial charge in [-0.25, -0.2) is 4.79 Å². The molecule has 0 amide bonds. The predicted octanol–water partition coefficient (Wildman–Crippen LogP) is 3.23. The van der Waals surface area contributed by atoms with E-state index >= 15 is 0 Å². The molecule has 0 radical (unpaired) electrons. The van der Waals surface area contributed by atoms with Crippen molar-refractivity contribution in [2.45, 2.75) is 45.8 Å². The van der Waals surface area contributed by atoms with Crippen molar-refractivity contribution in [3.63, 3.8) is 0 Å². The van der Waals surface area contributed by atoms with E-state index in [-0.39, 0.29) is 5.97 Å². The molecule has 7 heteroatoms. The second-order valence-electron chi connectivity index (χ2n) is 5.93. The van der Waals surface area contributed by atoms with Crippen LogP contribution < -0.4 is 0 Å². The summed E-state index contributed by atoms with van der Waals surface area (Å²) >= 11 is 0. The molecule has 0 bridgehead atoms. The second-order valence-corrected chi connectivity index (χ2v) is 7.53. The maximum Gasteiger partial charge on any atom is 0.333 e. The number of carbonyl (C=O) groups excluding carboxylic acids is 1. The summed E-state index contributed by atoms with van der Waals surface area (Å²) in [5.74, 6) is -0.362. The van der Waals surface area contributed by atoms with E-state index in [4.69, 9.17) is 13.7 Å². The van der Waals surface area contributed by atoms with E-state index in [0.717, 1.165) is 11.8 Å². The normalized spacial score (nSPS) is 13.4. The van der Waals surface area contributed by atoms with E-state index in [1.807, 2.05) is 30.3 Å². The maximum atomic E-state index is 11.6. The molecule has 0 aromatic heterocycles. The highest BCUT2D eigenvalue weighted by molar-refractivity contribution is 7.86. The minimum atomic E-state index is -3.56. The first kappa shape index (κ1) is 22.3. The first-order chi connectivity index (χ1) is 12.3. The Morgan fingerprint density at radius 1 is 1.19 bits per heavy atom. The zero-order chi connectivity index (χ0) is 19.4. The maximum absolute atomic E-state index is 11.6. The lowest BCUT2D eigenvalue weighted by atomic mass is 10.1. The van der Waals surface area contributed by atoms with E-state index in [9.17, 15) is 13.2 Å². The minimum Gasteiger partial charge on any atom is -0.463 e. The molecule has 0 aliphatic rings. The lowest BCUT2D eigenvalue weighted by Gasteiger charge is -2.16. The second kappa shape index (κ2) is 11.8. The van der Waals surface area contributed by atoms with Gasteiger partial charge >= 0.3 is 5.97 Å². The fourth-order valence-corrected chi connectivity index (χ4v) is 2.97. The van der Waals surface area contributed by atoms with E-state index in [0.29, 0.717) is 44.7 Å². The summed E-state index contributed by atoms with van der Waals surface area (Å²) in [6, 6.07) is 9.74. The molecule has 0 saturated carbocycles. The fourth-order valence-electron chi connectivity index (χ4n) is 2.28. The summed E-state index contributed by atoms with van der Waals surface area (Å²) in [5, 5.41) is 0. The van der Waals surface area contributed by atoms with E-state index in [1.165, 1.54) is 0 Å². The first-order valence-corrected chi connectivity index (χ1v) is 10.5. The molecule has 6 nitrogen and oxygen atoms in total. The summed E-state index contributed by atoms with van der Waals surface area (Å²) in [6.45, 7) is 4.59. The largest absolute Gasteiger partial charge is 0.463 e. The Bertz CT molecular complexity index is 667. The van der Waals surface area contributed by atoms with Crippen LogP contribution in [0.2, 0.25) is 0 Å². The number of benzene rings is 1. The van der Waals surface area contributed by atoms with Gasteiger partial charge in [-0.1, -0.05) is 36.4 Å². The smallest absolute Gasteiger partial charge is 0.333 e. The monoisotopic (exact) mass is 384 g/mol. The number of rotatable bonds is 12. The van der Waals surface area contributed by atoms with Gasteiger partial charge < -0.3 is 9.47 Å². The van der Waals surface area contributed by atoms with Gasteiger partial charge in [-0.3, -0.25) is 4.18 Å². The highest BCUT2D eigenvalue weighted by Gasteiger charge is 2.15. The van der Waals surface area contributed by atoms with Gasteiger partial charge in [0.2, 0.25) is 0 Å². The molecule has 1 atom stereocenters.